The number of rotatable bonds is 42. The Kier molecular flexibility index (Phi) is 39.1. The Morgan fingerprint density at radius 3 is 1.62 bits per heavy atom. The number of allylic oxidation sites excluding steroid dienone is 6. The second kappa shape index (κ2) is 40.6. The molecule has 0 saturated carbocycles. The van der Waals surface area contributed by atoms with Gasteiger partial charge in [-0.2, -0.15) is 0 Å². The molecular weight excluding hydrogens is 803 g/mol. The molecule has 0 radical (unpaired) electrons. The molecule has 0 aromatic heterocycles. The van der Waals surface area contributed by atoms with E-state index in [9.17, 15) is 39.5 Å². The third-order valence-electron chi connectivity index (χ3n) is 10.0. The van der Waals surface area contributed by atoms with Crippen LogP contribution in [0.1, 0.15) is 175 Å². The third-order valence-corrected chi connectivity index (χ3v) is 11.0. The van der Waals surface area contributed by atoms with Crippen LogP contribution in [0.3, 0.4) is 0 Å². The molecule has 1 unspecified atom stereocenters. The molecule has 13 nitrogen and oxygen atoms in total. The van der Waals surface area contributed by atoms with Crippen molar-refractivity contribution in [1.29, 1.82) is 0 Å². The molecule has 0 aromatic carbocycles. The number of phosphoric acid groups is 1. The monoisotopic (exact) mass is 889 g/mol. The van der Waals surface area contributed by atoms with E-state index in [-0.39, 0.29) is 25.7 Å². The lowest BCUT2D eigenvalue weighted by molar-refractivity contribution is -0.161. The zero-order valence-corrected chi connectivity index (χ0v) is 38.8. The van der Waals surface area contributed by atoms with E-state index in [4.69, 9.17) is 19.1 Å². The van der Waals surface area contributed by atoms with Crippen LogP contribution in [0.25, 0.3) is 0 Å². The summed E-state index contributed by atoms with van der Waals surface area (Å²) in [6.45, 7) is 4.23. The number of carbonyl (C=O) groups excluding carboxylic acids is 2. The SMILES string of the molecule is CCCCC[C@@H](O)/C=C/C=C\C=C\C=C\[C@@H](O)[C@H](O)CCCC(=O)OC[C@H](COP(=O)(O)OC[C@@H](O)CO)OC(=O)CCCCCCCCCCCCCCCCCC(C)C. The second-order valence-electron chi connectivity index (χ2n) is 16.5. The van der Waals surface area contributed by atoms with Crippen molar-refractivity contribution in [3.63, 3.8) is 0 Å². The molecule has 0 spiro atoms. The Bertz CT molecular complexity index is 1220. The van der Waals surface area contributed by atoms with Crippen molar-refractivity contribution in [3.05, 3.63) is 48.6 Å². The Balaban J connectivity index is 4.55. The van der Waals surface area contributed by atoms with Gasteiger partial charge in [0.15, 0.2) is 6.10 Å². The first-order chi connectivity index (χ1) is 29.3. The highest BCUT2D eigenvalue weighted by Gasteiger charge is 2.27. The van der Waals surface area contributed by atoms with Crippen LogP contribution in [0.2, 0.25) is 0 Å². The minimum atomic E-state index is -4.70. The molecule has 0 aliphatic rings. The van der Waals surface area contributed by atoms with E-state index in [1.165, 1.54) is 83.1 Å². The largest absolute Gasteiger partial charge is 0.472 e. The van der Waals surface area contributed by atoms with Crippen LogP contribution in [0.5, 0.6) is 0 Å². The van der Waals surface area contributed by atoms with Crippen LogP contribution < -0.4 is 0 Å². The first-order valence-electron chi connectivity index (χ1n) is 23.3. The van der Waals surface area contributed by atoms with E-state index in [1.807, 2.05) is 0 Å². The van der Waals surface area contributed by atoms with Crippen LogP contribution in [-0.4, -0.2) is 99.3 Å². The first kappa shape index (κ1) is 58.8. The summed E-state index contributed by atoms with van der Waals surface area (Å²) in [6, 6.07) is 0. The molecule has 0 amide bonds. The number of aliphatic hydroxyl groups excluding tert-OH is 5. The lowest BCUT2D eigenvalue weighted by Crippen LogP contribution is -2.30. The van der Waals surface area contributed by atoms with Gasteiger partial charge in [0.25, 0.3) is 0 Å². The molecule has 0 aliphatic heterocycles. The summed E-state index contributed by atoms with van der Waals surface area (Å²) in [7, 11) is -4.70. The summed E-state index contributed by atoms with van der Waals surface area (Å²) < 4.78 is 32.5. The van der Waals surface area contributed by atoms with Crippen molar-refractivity contribution in [2.75, 3.05) is 26.4 Å². The van der Waals surface area contributed by atoms with Crippen LogP contribution in [0.4, 0.5) is 0 Å². The van der Waals surface area contributed by atoms with Crippen LogP contribution in [-0.2, 0) is 32.7 Å². The van der Waals surface area contributed by atoms with Crippen LogP contribution in [0, 0.1) is 5.92 Å². The Labute approximate surface area is 368 Å². The average Bonchev–Trinajstić information content (AvgIpc) is 3.22. The number of hydrogen-bond acceptors (Lipinski definition) is 12. The zero-order chi connectivity index (χ0) is 45.4. The molecule has 356 valence electrons. The number of aliphatic hydroxyl groups is 5. The second-order valence-corrected chi connectivity index (χ2v) is 17.9. The van der Waals surface area contributed by atoms with Crippen molar-refractivity contribution in [2.24, 2.45) is 5.92 Å². The zero-order valence-electron chi connectivity index (χ0n) is 37.9. The lowest BCUT2D eigenvalue weighted by Gasteiger charge is -2.20. The van der Waals surface area contributed by atoms with Crippen molar-refractivity contribution in [1.82, 2.24) is 0 Å². The number of hydrogen-bond donors (Lipinski definition) is 6. The number of phosphoric ester groups is 1. The lowest BCUT2D eigenvalue weighted by atomic mass is 10.0. The number of ether oxygens (including phenoxy) is 2. The van der Waals surface area contributed by atoms with Gasteiger partial charge in [0.05, 0.1) is 38.1 Å². The smallest absolute Gasteiger partial charge is 0.462 e. The average molecular weight is 889 g/mol. The summed E-state index contributed by atoms with van der Waals surface area (Å²) in [4.78, 5) is 35.1. The fourth-order valence-corrected chi connectivity index (χ4v) is 7.06. The number of esters is 2. The van der Waals surface area contributed by atoms with Crippen LogP contribution in [0.15, 0.2) is 48.6 Å². The van der Waals surface area contributed by atoms with Gasteiger partial charge in [-0.15, -0.1) is 0 Å². The van der Waals surface area contributed by atoms with Crippen molar-refractivity contribution in [3.8, 4) is 0 Å². The summed E-state index contributed by atoms with van der Waals surface area (Å²) in [5.41, 5.74) is 0. The Morgan fingerprint density at radius 2 is 1.07 bits per heavy atom. The fourth-order valence-electron chi connectivity index (χ4n) is 6.27. The predicted molar refractivity (Wildman–Crippen MR) is 242 cm³/mol. The quantitative estimate of drug-likeness (QED) is 0.0146. The van der Waals surface area contributed by atoms with Crippen LogP contribution >= 0.6 is 7.82 Å². The summed E-state index contributed by atoms with van der Waals surface area (Å²) in [5.74, 6) is -0.440. The maximum absolute atomic E-state index is 12.7. The summed E-state index contributed by atoms with van der Waals surface area (Å²) >= 11 is 0. The molecular formula is C47H85O13P. The van der Waals surface area contributed by atoms with Crippen molar-refractivity contribution < 1.29 is 63.1 Å². The van der Waals surface area contributed by atoms with Gasteiger partial charge in [0.1, 0.15) is 12.7 Å². The molecule has 0 heterocycles. The van der Waals surface area contributed by atoms with E-state index in [2.05, 4.69) is 25.3 Å². The fraction of sp³-hybridized carbons (Fsp3) is 0.787. The predicted octanol–water partition coefficient (Wildman–Crippen LogP) is 9.27. The minimum absolute atomic E-state index is 0.0980. The standard InChI is InChI=1S/C47H85O13P/c1-4-5-23-30-41(49)31-25-20-17-18-21-26-32-44(51)45(52)33-28-35-46(53)57-38-43(39-59-61(55,56)58-37-42(50)36-48)60-47(54)34-27-22-16-14-12-10-8-6-7-9-11-13-15-19-24-29-40(2)3/h17-18,20-21,25-26,31-32,40-45,48-52H,4-16,19,22-24,27-30,33-39H2,1-3H3,(H,55,56)/b20-17-,21-18+,31-25+,32-26+/t41-,42+,43-,44-,45-/m1/s1. The molecule has 0 fully saturated rings. The Hall–Kier alpha value is -2.19. The van der Waals surface area contributed by atoms with Gasteiger partial charge in [-0.3, -0.25) is 18.6 Å². The van der Waals surface area contributed by atoms with Gasteiger partial charge < -0.3 is 39.9 Å². The molecule has 6 atom stereocenters. The highest BCUT2D eigenvalue weighted by molar-refractivity contribution is 7.47. The normalized spacial score (nSPS) is 15.8. The van der Waals surface area contributed by atoms with Crippen molar-refractivity contribution in [2.45, 2.75) is 205 Å². The van der Waals surface area contributed by atoms with Gasteiger partial charge in [0, 0.05) is 12.8 Å². The molecule has 0 aromatic rings. The van der Waals surface area contributed by atoms with E-state index < -0.39 is 76.7 Å². The molecule has 14 heteroatoms. The van der Waals surface area contributed by atoms with Gasteiger partial charge >= 0.3 is 19.8 Å². The molecule has 0 aliphatic carbocycles. The van der Waals surface area contributed by atoms with Gasteiger partial charge in [-0.1, -0.05) is 185 Å². The highest BCUT2D eigenvalue weighted by Crippen LogP contribution is 2.43. The molecule has 0 bridgehead atoms. The van der Waals surface area contributed by atoms with Gasteiger partial charge in [0.2, 0.25) is 0 Å². The van der Waals surface area contributed by atoms with E-state index in [0.29, 0.717) is 6.42 Å². The molecule has 61 heavy (non-hydrogen) atoms. The maximum Gasteiger partial charge on any atom is 0.472 e. The number of carbonyl (C=O) groups is 2. The maximum atomic E-state index is 12.7. The summed E-state index contributed by atoms with van der Waals surface area (Å²) in [6.07, 6.45) is 31.6. The number of unbranched alkanes of at least 4 members (excludes halogenated alkanes) is 16. The van der Waals surface area contributed by atoms with Gasteiger partial charge in [-0.25, -0.2) is 4.57 Å². The van der Waals surface area contributed by atoms with E-state index in [1.54, 1.807) is 42.5 Å². The molecule has 6 N–H and O–H groups in total. The van der Waals surface area contributed by atoms with Crippen molar-refractivity contribution >= 4 is 19.8 Å². The van der Waals surface area contributed by atoms with E-state index in [0.717, 1.165) is 50.9 Å². The topological polar surface area (TPSA) is 210 Å². The first-order valence-corrected chi connectivity index (χ1v) is 24.8. The van der Waals surface area contributed by atoms with Gasteiger partial charge in [-0.05, 0) is 31.6 Å². The molecule has 0 rings (SSSR count). The van der Waals surface area contributed by atoms with E-state index >= 15 is 0 Å². The summed E-state index contributed by atoms with van der Waals surface area (Å²) in [5, 5.41) is 48.8. The Morgan fingerprint density at radius 1 is 0.574 bits per heavy atom. The highest BCUT2D eigenvalue weighted by atomic mass is 31.2. The minimum Gasteiger partial charge on any atom is -0.462 e. The molecule has 0 saturated heterocycles. The third kappa shape index (κ3) is 40.3.